The van der Waals surface area contributed by atoms with Crippen molar-refractivity contribution in [3.8, 4) is 0 Å². The van der Waals surface area contributed by atoms with Crippen molar-refractivity contribution >= 4 is 33.6 Å². The molecule has 30 heavy (non-hydrogen) atoms. The topological polar surface area (TPSA) is 20.3 Å². The third-order valence-electron chi connectivity index (χ3n) is 6.18. The fourth-order valence-corrected chi connectivity index (χ4v) is 5.44. The number of hydrogen-bond donors (Lipinski definition) is 0. The van der Waals surface area contributed by atoms with Crippen molar-refractivity contribution in [3.05, 3.63) is 112 Å². The molecule has 1 unspecified atom stereocenters. The maximum Gasteiger partial charge on any atom is 0.197 e. The fraction of sp³-hybridized carbons (Fsp3) is 0.148. The summed E-state index contributed by atoms with van der Waals surface area (Å²) in [7, 11) is 2.08. The molecule has 0 saturated heterocycles. The molecule has 0 bridgehead atoms. The van der Waals surface area contributed by atoms with Gasteiger partial charge in [0.05, 0.1) is 4.88 Å². The Morgan fingerprint density at radius 1 is 0.967 bits per heavy atom. The molecule has 1 atom stereocenters. The summed E-state index contributed by atoms with van der Waals surface area (Å²) < 4.78 is 0. The van der Waals surface area contributed by atoms with Gasteiger partial charge in [0.15, 0.2) is 5.78 Å². The molecule has 3 aromatic carbocycles. The van der Waals surface area contributed by atoms with E-state index in [0.717, 1.165) is 17.0 Å². The van der Waals surface area contributed by atoms with Crippen LogP contribution in [0.15, 0.2) is 96.0 Å². The van der Waals surface area contributed by atoms with E-state index >= 15 is 0 Å². The summed E-state index contributed by atoms with van der Waals surface area (Å²) in [5, 5.41) is 4.44. The van der Waals surface area contributed by atoms with Crippen molar-refractivity contribution in [3.63, 3.8) is 0 Å². The number of nitrogens with zero attached hydrogens (tertiary/aromatic N) is 1. The summed E-state index contributed by atoms with van der Waals surface area (Å²) in [6.45, 7) is 2.28. The van der Waals surface area contributed by atoms with Gasteiger partial charge in [0, 0.05) is 29.9 Å². The average molecular weight is 410 g/mol. The number of benzene rings is 3. The van der Waals surface area contributed by atoms with E-state index in [1.54, 1.807) is 0 Å². The second-order valence-corrected chi connectivity index (χ2v) is 9.05. The van der Waals surface area contributed by atoms with E-state index in [1.807, 2.05) is 29.7 Å². The van der Waals surface area contributed by atoms with Crippen molar-refractivity contribution in [1.82, 2.24) is 0 Å². The molecule has 2 nitrogen and oxygen atoms in total. The highest BCUT2D eigenvalue weighted by Crippen LogP contribution is 2.51. The predicted molar refractivity (Wildman–Crippen MR) is 127 cm³/mol. The largest absolute Gasteiger partial charge is 0.347 e. The number of anilines is 1. The summed E-state index contributed by atoms with van der Waals surface area (Å²) in [4.78, 5) is 16.1. The third kappa shape index (κ3) is 2.98. The molecule has 148 valence electrons. The first-order valence-corrected chi connectivity index (χ1v) is 11.1. The highest BCUT2D eigenvalue weighted by Gasteiger charge is 2.44. The van der Waals surface area contributed by atoms with E-state index in [-0.39, 0.29) is 11.2 Å². The third-order valence-corrected chi connectivity index (χ3v) is 7.06. The van der Waals surface area contributed by atoms with Crippen molar-refractivity contribution < 1.29 is 4.79 Å². The first-order valence-electron chi connectivity index (χ1n) is 10.2. The van der Waals surface area contributed by atoms with E-state index in [1.165, 1.54) is 38.9 Å². The van der Waals surface area contributed by atoms with Crippen LogP contribution in [0.5, 0.6) is 0 Å². The normalized spacial score (nSPS) is 19.4. The zero-order chi connectivity index (χ0) is 20.7. The van der Waals surface area contributed by atoms with Gasteiger partial charge >= 0.3 is 0 Å². The van der Waals surface area contributed by atoms with Crippen LogP contribution in [0.3, 0.4) is 0 Å². The molecule has 4 aromatic rings. The number of carbonyl (C=O) groups excluding carboxylic acids is 1. The maximum atomic E-state index is 13.1. The minimum absolute atomic E-state index is 0.0725. The van der Waals surface area contributed by atoms with Crippen LogP contribution in [-0.2, 0) is 11.8 Å². The summed E-state index contributed by atoms with van der Waals surface area (Å²) in [5.41, 5.74) is 4.49. The number of allylic oxidation sites excluding steroid dienone is 2. The van der Waals surface area contributed by atoms with Crippen LogP contribution in [0.25, 0.3) is 10.8 Å². The fourth-order valence-electron chi connectivity index (χ4n) is 4.80. The first-order chi connectivity index (χ1) is 14.6. The Morgan fingerprint density at radius 2 is 1.73 bits per heavy atom. The van der Waals surface area contributed by atoms with E-state index in [2.05, 4.69) is 79.5 Å². The number of hydrogen-bond acceptors (Lipinski definition) is 3. The van der Waals surface area contributed by atoms with Crippen LogP contribution in [0.4, 0.5) is 5.69 Å². The lowest BCUT2D eigenvalue weighted by Crippen LogP contribution is -2.29. The van der Waals surface area contributed by atoms with Gasteiger partial charge in [0.25, 0.3) is 0 Å². The highest BCUT2D eigenvalue weighted by molar-refractivity contribution is 7.12. The molecular formula is C27H23NOS. The molecule has 0 saturated carbocycles. The number of carbonyl (C=O) groups is 1. The van der Waals surface area contributed by atoms with Crippen LogP contribution in [0.2, 0.25) is 0 Å². The molecule has 2 heterocycles. The van der Waals surface area contributed by atoms with E-state index in [9.17, 15) is 4.79 Å². The van der Waals surface area contributed by atoms with Crippen molar-refractivity contribution in [2.24, 2.45) is 0 Å². The summed E-state index contributed by atoms with van der Waals surface area (Å²) in [6, 6.07) is 27.3. The number of thiophene rings is 1. The SMILES string of the molecule is CN1/C(=C\C(=O)c2cccs2)C(C)(Cc2ccccc2)c2c1ccc1ccccc21. The minimum Gasteiger partial charge on any atom is -0.347 e. The molecule has 5 rings (SSSR count). The van der Waals surface area contributed by atoms with Crippen LogP contribution in [0.1, 0.15) is 27.7 Å². The Balaban J connectivity index is 1.73. The molecule has 0 aliphatic carbocycles. The Bertz CT molecular complexity index is 1260. The number of likely N-dealkylation sites (N-methyl/N-ethyl adjacent to an activating group) is 1. The molecule has 0 amide bonds. The van der Waals surface area contributed by atoms with Gasteiger partial charge in [-0.15, -0.1) is 11.3 Å². The van der Waals surface area contributed by atoms with Gasteiger partial charge in [-0.2, -0.15) is 0 Å². The lowest BCUT2D eigenvalue weighted by Gasteiger charge is -2.29. The monoisotopic (exact) mass is 409 g/mol. The van der Waals surface area contributed by atoms with Crippen molar-refractivity contribution in [2.75, 3.05) is 11.9 Å². The molecule has 3 heteroatoms. The Labute approximate surface area is 181 Å². The number of fused-ring (bicyclic) bond motifs is 3. The van der Waals surface area contributed by atoms with Gasteiger partial charge in [-0.3, -0.25) is 4.79 Å². The van der Waals surface area contributed by atoms with Gasteiger partial charge in [-0.1, -0.05) is 66.7 Å². The smallest absolute Gasteiger partial charge is 0.197 e. The number of rotatable bonds is 4. The minimum atomic E-state index is -0.306. The Kier molecular flexibility index (Phi) is 4.56. The summed E-state index contributed by atoms with van der Waals surface area (Å²) in [6.07, 6.45) is 2.69. The predicted octanol–water partition coefficient (Wildman–Crippen LogP) is 6.62. The van der Waals surface area contributed by atoms with E-state index in [4.69, 9.17) is 0 Å². The molecule has 0 spiro atoms. The zero-order valence-corrected chi connectivity index (χ0v) is 17.9. The maximum absolute atomic E-state index is 13.1. The molecule has 0 N–H and O–H groups in total. The van der Waals surface area contributed by atoms with Gasteiger partial charge in [-0.25, -0.2) is 0 Å². The van der Waals surface area contributed by atoms with Crippen molar-refractivity contribution in [2.45, 2.75) is 18.8 Å². The summed E-state index contributed by atoms with van der Waals surface area (Å²) in [5.74, 6) is 0.0725. The molecule has 1 aliphatic rings. The molecule has 0 radical (unpaired) electrons. The molecule has 0 fully saturated rings. The van der Waals surface area contributed by atoms with Gasteiger partial charge in [0.2, 0.25) is 0 Å². The quantitative estimate of drug-likeness (QED) is 0.279. The van der Waals surface area contributed by atoms with Gasteiger partial charge < -0.3 is 4.90 Å². The highest BCUT2D eigenvalue weighted by atomic mass is 32.1. The second-order valence-electron chi connectivity index (χ2n) is 8.11. The number of ketones is 1. The van der Waals surface area contributed by atoms with Gasteiger partial charge in [0.1, 0.15) is 0 Å². The van der Waals surface area contributed by atoms with E-state index < -0.39 is 0 Å². The van der Waals surface area contributed by atoms with E-state index in [0.29, 0.717) is 0 Å². The lowest BCUT2D eigenvalue weighted by atomic mass is 9.74. The molecular weight excluding hydrogens is 386 g/mol. The van der Waals surface area contributed by atoms with Crippen LogP contribution < -0.4 is 4.90 Å². The lowest BCUT2D eigenvalue weighted by molar-refractivity contribution is 0.104. The Hall–Kier alpha value is -3.17. The zero-order valence-electron chi connectivity index (χ0n) is 17.1. The van der Waals surface area contributed by atoms with Crippen LogP contribution in [0, 0.1) is 0 Å². The van der Waals surface area contributed by atoms with Crippen molar-refractivity contribution in [1.29, 1.82) is 0 Å². The molecule has 1 aromatic heterocycles. The first kappa shape index (κ1) is 18.8. The average Bonchev–Trinajstić information content (AvgIpc) is 3.37. The van der Waals surface area contributed by atoms with Crippen LogP contribution >= 0.6 is 11.3 Å². The van der Waals surface area contributed by atoms with Gasteiger partial charge in [-0.05, 0) is 52.8 Å². The second kappa shape index (κ2) is 7.26. The Morgan fingerprint density at radius 3 is 2.50 bits per heavy atom. The van der Waals surface area contributed by atoms with Crippen LogP contribution in [-0.4, -0.2) is 12.8 Å². The standard InChI is InChI=1S/C27H23NOS/c1-27(18-19-9-4-3-5-10-19)25(17-23(29)24-13-8-16-30-24)28(2)22-15-14-20-11-6-7-12-21(20)26(22)27/h3-17H,18H2,1-2H3/b25-17-. The summed E-state index contributed by atoms with van der Waals surface area (Å²) >= 11 is 1.49. The molecule has 1 aliphatic heterocycles.